The molecular weight excluding hydrogens is 752 g/mol. The van der Waals surface area contributed by atoms with Crippen LogP contribution in [0, 0.1) is 5.92 Å². The number of nitrogens with zero attached hydrogens (tertiary/aromatic N) is 1. The minimum Gasteiger partial charge on any atom is -0.490 e. The Kier molecular flexibility index (Phi) is 13.7. The molecule has 3 aliphatic rings. The second kappa shape index (κ2) is 18.3. The largest absolute Gasteiger partial charge is 0.490 e. The highest BCUT2D eigenvalue weighted by Gasteiger charge is 2.48. The number of ether oxygens (including phenoxy) is 2. The number of carbonyl (C=O) groups is 1. The van der Waals surface area contributed by atoms with E-state index < -0.39 is 52.7 Å². The number of hydrogen-bond acceptors (Lipinski definition) is 11. The highest BCUT2D eigenvalue weighted by molar-refractivity contribution is 7.89. The SMILES string of the molecule is O=C(NCC(O)C(O)C(O)C(O)CO)NC1CCC(CCNS(=O)(=O)c2ccc(Cl)c(COC3(c4cnccc4-c4ccccc4OC4CC4)CC3)c2)CC1. The third kappa shape index (κ3) is 10.7. The van der Waals surface area contributed by atoms with Gasteiger partial charge in [0, 0.05) is 47.7 Å². The lowest BCUT2D eigenvalue weighted by Crippen LogP contribution is -2.51. The summed E-state index contributed by atoms with van der Waals surface area (Å²) >= 11 is 6.56. The zero-order valence-corrected chi connectivity index (χ0v) is 32.1. The molecule has 55 heavy (non-hydrogen) atoms. The molecule has 4 atom stereocenters. The topological polar surface area (TPSA) is 220 Å². The van der Waals surface area contributed by atoms with Gasteiger partial charge < -0.3 is 45.6 Å². The molecule has 0 spiro atoms. The molecular formula is C39H51ClN4O10S. The van der Waals surface area contributed by atoms with Crippen molar-refractivity contribution >= 4 is 27.7 Å². The Balaban J connectivity index is 0.966. The van der Waals surface area contributed by atoms with E-state index in [1.807, 2.05) is 36.5 Å². The standard InChI is InChI=1S/C39H51ClN4O10S/c40-32-12-11-28(19-25(32)23-53-39(15-16-39)31-20-41-17-14-29(31)30-3-1-2-4-35(30)54-27-9-10-27)55(51,52)43-18-13-24-5-7-26(8-6-24)44-38(50)42-21-33(46)36(48)37(49)34(47)22-45/h1-4,11-12,14,17,19-20,24,26-27,33-34,36-37,43,45-49H,5-10,13,15-16,18,21-23H2,(H2,42,44,50). The molecule has 0 aliphatic heterocycles. The van der Waals surface area contributed by atoms with E-state index >= 15 is 0 Å². The summed E-state index contributed by atoms with van der Waals surface area (Å²) in [5, 5.41) is 53.7. The van der Waals surface area contributed by atoms with Gasteiger partial charge in [-0.3, -0.25) is 4.98 Å². The summed E-state index contributed by atoms with van der Waals surface area (Å²) in [6, 6.07) is 13.9. The van der Waals surface area contributed by atoms with Crippen molar-refractivity contribution in [3.05, 3.63) is 77.1 Å². The van der Waals surface area contributed by atoms with Crippen molar-refractivity contribution in [3.63, 3.8) is 0 Å². The second-order valence-corrected chi connectivity index (χ2v) is 17.0. The number of aromatic nitrogens is 1. The monoisotopic (exact) mass is 802 g/mol. The second-order valence-electron chi connectivity index (χ2n) is 14.8. The van der Waals surface area contributed by atoms with E-state index in [4.69, 9.17) is 26.2 Å². The number of sulfonamides is 1. The van der Waals surface area contributed by atoms with Crippen molar-refractivity contribution < 1.29 is 48.2 Å². The maximum atomic E-state index is 13.4. The van der Waals surface area contributed by atoms with E-state index in [2.05, 4.69) is 20.3 Å². The van der Waals surface area contributed by atoms with Crippen molar-refractivity contribution in [1.29, 1.82) is 0 Å². The Morgan fingerprint density at radius 1 is 0.945 bits per heavy atom. The number of hydrogen-bond donors (Lipinski definition) is 8. The summed E-state index contributed by atoms with van der Waals surface area (Å²) in [4.78, 5) is 16.9. The van der Waals surface area contributed by atoms with Crippen molar-refractivity contribution in [1.82, 2.24) is 20.3 Å². The van der Waals surface area contributed by atoms with Crippen LogP contribution >= 0.6 is 11.6 Å². The van der Waals surface area contributed by atoms with Crippen molar-refractivity contribution in [3.8, 4) is 16.9 Å². The highest BCUT2D eigenvalue weighted by Crippen LogP contribution is 2.53. The Morgan fingerprint density at radius 3 is 2.38 bits per heavy atom. The van der Waals surface area contributed by atoms with E-state index in [0.717, 1.165) is 61.0 Å². The number of aliphatic hydroxyl groups excluding tert-OH is 5. The number of benzene rings is 2. The normalized spacial score (nSPS) is 21.6. The van der Waals surface area contributed by atoms with Gasteiger partial charge in [0.25, 0.3) is 0 Å². The van der Waals surface area contributed by atoms with E-state index in [9.17, 15) is 33.6 Å². The molecule has 3 saturated carbocycles. The first-order valence-electron chi connectivity index (χ1n) is 18.9. The van der Waals surface area contributed by atoms with Crippen LogP contribution in [-0.4, -0.2) is 101 Å². The first-order valence-corrected chi connectivity index (χ1v) is 20.8. The van der Waals surface area contributed by atoms with Gasteiger partial charge in [-0.25, -0.2) is 17.9 Å². The van der Waals surface area contributed by atoms with Crippen LogP contribution in [0.4, 0.5) is 4.79 Å². The number of amides is 2. The molecule has 300 valence electrons. The maximum Gasteiger partial charge on any atom is 0.315 e. The van der Waals surface area contributed by atoms with Crippen LogP contribution in [0.5, 0.6) is 5.75 Å². The van der Waals surface area contributed by atoms with Gasteiger partial charge in [-0.1, -0.05) is 29.8 Å². The summed E-state index contributed by atoms with van der Waals surface area (Å²) in [5.74, 6) is 1.09. The lowest BCUT2D eigenvalue weighted by atomic mass is 9.84. The van der Waals surface area contributed by atoms with Crippen LogP contribution < -0.4 is 20.1 Å². The number of nitrogens with one attached hydrogen (secondary N) is 3. The average Bonchev–Trinajstić information content (AvgIpc) is 4.14. The molecule has 1 heterocycles. The lowest BCUT2D eigenvalue weighted by Gasteiger charge is -2.29. The molecule has 2 aromatic carbocycles. The van der Waals surface area contributed by atoms with Crippen LogP contribution in [0.1, 0.15) is 68.9 Å². The highest BCUT2D eigenvalue weighted by atomic mass is 35.5. The van der Waals surface area contributed by atoms with Gasteiger partial charge in [0.15, 0.2) is 0 Å². The Hall–Kier alpha value is -3.38. The summed E-state index contributed by atoms with van der Waals surface area (Å²) in [5.41, 5.74) is 2.93. The predicted octanol–water partition coefficient (Wildman–Crippen LogP) is 3.11. The van der Waals surface area contributed by atoms with E-state index in [1.165, 1.54) is 6.07 Å². The molecule has 4 unspecified atom stereocenters. The summed E-state index contributed by atoms with van der Waals surface area (Å²) in [6.45, 7) is -0.808. The quantitative estimate of drug-likeness (QED) is 0.0881. The summed E-state index contributed by atoms with van der Waals surface area (Å²) < 4.78 is 42.2. The molecule has 3 aromatic rings. The molecule has 0 radical (unpaired) electrons. The van der Waals surface area contributed by atoms with Crippen molar-refractivity contribution in [2.45, 2.75) is 111 Å². The molecule has 6 rings (SSSR count). The fourth-order valence-corrected chi connectivity index (χ4v) is 8.26. The fourth-order valence-electron chi connectivity index (χ4n) is 6.99. The zero-order valence-electron chi connectivity index (χ0n) is 30.5. The summed E-state index contributed by atoms with van der Waals surface area (Å²) in [7, 11) is -3.83. The van der Waals surface area contributed by atoms with Gasteiger partial charge in [-0.15, -0.1) is 0 Å². The van der Waals surface area contributed by atoms with Gasteiger partial charge in [0.1, 0.15) is 24.1 Å². The Bertz CT molecular complexity index is 1870. The zero-order chi connectivity index (χ0) is 39.2. The molecule has 16 heteroatoms. The third-order valence-corrected chi connectivity index (χ3v) is 12.5. The third-order valence-electron chi connectivity index (χ3n) is 10.7. The van der Waals surface area contributed by atoms with Gasteiger partial charge in [0.2, 0.25) is 10.0 Å². The van der Waals surface area contributed by atoms with E-state index in [1.54, 1.807) is 18.3 Å². The molecule has 0 saturated heterocycles. The Morgan fingerprint density at radius 2 is 1.67 bits per heavy atom. The van der Waals surface area contributed by atoms with Crippen molar-refractivity contribution in [2.75, 3.05) is 19.7 Å². The maximum absolute atomic E-state index is 13.4. The number of carbonyl (C=O) groups excluding carboxylic acids is 1. The number of halogens is 1. The predicted molar refractivity (Wildman–Crippen MR) is 204 cm³/mol. The van der Waals surface area contributed by atoms with Crippen LogP contribution in [0.25, 0.3) is 11.1 Å². The minimum absolute atomic E-state index is 0.101. The van der Waals surface area contributed by atoms with Crippen LogP contribution in [0.2, 0.25) is 5.02 Å². The van der Waals surface area contributed by atoms with Gasteiger partial charge in [-0.05, 0) is 105 Å². The molecule has 3 aliphatic carbocycles. The smallest absolute Gasteiger partial charge is 0.315 e. The van der Waals surface area contributed by atoms with E-state index in [0.29, 0.717) is 29.8 Å². The molecule has 1 aromatic heterocycles. The fraction of sp³-hybridized carbons (Fsp3) is 0.538. The lowest BCUT2D eigenvalue weighted by molar-refractivity contribution is -0.113. The molecule has 14 nitrogen and oxygen atoms in total. The number of aliphatic hydroxyl groups is 5. The number of urea groups is 1. The molecule has 3 fully saturated rings. The van der Waals surface area contributed by atoms with Crippen LogP contribution in [0.3, 0.4) is 0 Å². The number of para-hydroxylation sites is 1. The number of rotatable bonds is 19. The van der Waals surface area contributed by atoms with Gasteiger partial charge in [-0.2, -0.15) is 0 Å². The molecule has 0 bridgehead atoms. The average molecular weight is 803 g/mol. The summed E-state index contributed by atoms with van der Waals surface area (Å²) in [6.07, 6.45) is 4.36. The molecule has 8 N–H and O–H groups in total. The van der Waals surface area contributed by atoms with Gasteiger partial charge in [0.05, 0.1) is 35.9 Å². The van der Waals surface area contributed by atoms with E-state index in [-0.39, 0.29) is 42.7 Å². The Labute approximate surface area is 326 Å². The van der Waals surface area contributed by atoms with Crippen LogP contribution in [0.15, 0.2) is 65.8 Å². The van der Waals surface area contributed by atoms with Crippen LogP contribution in [-0.2, 0) is 27.0 Å². The first-order chi connectivity index (χ1) is 26.4. The minimum atomic E-state index is -3.83. The first kappa shape index (κ1) is 41.3. The molecule has 2 amide bonds. The number of pyridine rings is 1. The van der Waals surface area contributed by atoms with Gasteiger partial charge >= 0.3 is 6.03 Å². The van der Waals surface area contributed by atoms with Crippen molar-refractivity contribution in [2.24, 2.45) is 5.92 Å².